The quantitative estimate of drug-likeness (QED) is 0.710. The zero-order chi connectivity index (χ0) is 24.4. The fourth-order valence-corrected chi connectivity index (χ4v) is 4.02. The molecule has 2 aromatic rings. The summed E-state index contributed by atoms with van der Waals surface area (Å²) in [6.45, 7) is 4.00. The molecule has 2 fully saturated rings. The molecule has 2 saturated heterocycles. The monoisotopic (exact) mass is 471 g/mol. The van der Waals surface area contributed by atoms with Crippen molar-refractivity contribution in [1.82, 2.24) is 9.88 Å². The lowest BCUT2D eigenvalue weighted by atomic mass is 10.0. The summed E-state index contributed by atoms with van der Waals surface area (Å²) < 4.78 is 24.9. The molecular formula is C23H26FN5O5. The molecule has 0 radical (unpaired) electrons. The van der Waals surface area contributed by atoms with Crippen molar-refractivity contribution in [2.45, 2.75) is 13.0 Å². The summed E-state index contributed by atoms with van der Waals surface area (Å²) in [5.41, 5.74) is 6.56. The van der Waals surface area contributed by atoms with Crippen LogP contribution in [0.5, 0.6) is 0 Å². The number of rotatable bonds is 5. The number of hydrogen-bond acceptors (Lipinski definition) is 7. The van der Waals surface area contributed by atoms with E-state index in [0.717, 1.165) is 5.82 Å². The van der Waals surface area contributed by atoms with Crippen molar-refractivity contribution in [3.8, 4) is 11.1 Å². The number of piperazine rings is 1. The normalized spacial score (nSPS) is 19.1. The minimum atomic E-state index is -0.682. The number of anilines is 2. The highest BCUT2D eigenvalue weighted by Crippen LogP contribution is 2.30. The zero-order valence-corrected chi connectivity index (χ0v) is 18.9. The van der Waals surface area contributed by atoms with Crippen molar-refractivity contribution in [3.63, 3.8) is 0 Å². The van der Waals surface area contributed by atoms with Gasteiger partial charge in [0.1, 0.15) is 17.7 Å². The molecule has 2 atom stereocenters. The second-order valence-corrected chi connectivity index (χ2v) is 8.24. The molecule has 2 aliphatic heterocycles. The third kappa shape index (κ3) is 4.59. The van der Waals surface area contributed by atoms with E-state index >= 15 is 0 Å². The van der Waals surface area contributed by atoms with Crippen LogP contribution >= 0.6 is 0 Å². The highest BCUT2D eigenvalue weighted by atomic mass is 19.1. The first-order valence-electron chi connectivity index (χ1n) is 10.9. The second-order valence-electron chi connectivity index (χ2n) is 8.24. The molecule has 0 spiro atoms. The van der Waals surface area contributed by atoms with Crippen molar-refractivity contribution >= 4 is 29.6 Å². The van der Waals surface area contributed by atoms with Crippen LogP contribution in [0.25, 0.3) is 11.1 Å². The van der Waals surface area contributed by atoms with Gasteiger partial charge in [0, 0.05) is 43.5 Å². The highest BCUT2D eigenvalue weighted by Gasteiger charge is 2.38. The van der Waals surface area contributed by atoms with Crippen LogP contribution in [0.15, 0.2) is 36.5 Å². The largest absolute Gasteiger partial charge is 0.453 e. The lowest BCUT2D eigenvalue weighted by molar-refractivity contribution is -0.123. The molecular weight excluding hydrogens is 445 g/mol. The van der Waals surface area contributed by atoms with Gasteiger partial charge in [-0.15, -0.1) is 0 Å². The topological polar surface area (TPSA) is 118 Å². The first-order chi connectivity index (χ1) is 16.3. The van der Waals surface area contributed by atoms with E-state index in [9.17, 15) is 18.8 Å². The number of ether oxygens (including phenoxy) is 2. The Morgan fingerprint density at radius 1 is 1.21 bits per heavy atom. The summed E-state index contributed by atoms with van der Waals surface area (Å²) in [7, 11) is 1.36. The van der Waals surface area contributed by atoms with Crippen molar-refractivity contribution in [1.29, 1.82) is 0 Å². The van der Waals surface area contributed by atoms with Crippen LogP contribution in [0.3, 0.4) is 0 Å². The molecule has 10 nitrogen and oxygen atoms in total. The number of nitrogens with zero attached hydrogens (tertiary/aromatic N) is 4. The van der Waals surface area contributed by atoms with Crippen LogP contribution in [-0.4, -0.2) is 73.9 Å². The second kappa shape index (κ2) is 9.54. The Hall–Kier alpha value is -3.89. The Balaban J connectivity index is 1.44. The van der Waals surface area contributed by atoms with Crippen molar-refractivity contribution in [2.75, 3.05) is 49.6 Å². The minimum Gasteiger partial charge on any atom is -0.453 e. The SMILES string of the molecule is COC(=O)N1CCN(c2ccc(-c3ccc(N4CC([C@H](C)C(N)=O)OC4=O)cc3F)cn2)CC1. The number of carbonyl (C=O) groups excluding carboxylic acids is 3. The summed E-state index contributed by atoms with van der Waals surface area (Å²) in [5.74, 6) is -0.994. The number of aromatic nitrogens is 1. The van der Waals surface area contributed by atoms with Gasteiger partial charge in [-0.2, -0.15) is 0 Å². The third-order valence-electron chi connectivity index (χ3n) is 6.20. The molecule has 1 unspecified atom stereocenters. The van der Waals surface area contributed by atoms with E-state index in [1.54, 1.807) is 36.2 Å². The number of methoxy groups -OCH3 is 1. The van der Waals surface area contributed by atoms with Gasteiger partial charge >= 0.3 is 12.2 Å². The number of carbonyl (C=O) groups is 3. The number of hydrogen-bond donors (Lipinski definition) is 1. The molecule has 11 heteroatoms. The first-order valence-corrected chi connectivity index (χ1v) is 10.9. The van der Waals surface area contributed by atoms with Gasteiger partial charge in [0.25, 0.3) is 0 Å². The van der Waals surface area contributed by atoms with E-state index in [1.165, 1.54) is 18.1 Å². The number of benzene rings is 1. The van der Waals surface area contributed by atoms with E-state index in [0.29, 0.717) is 43.0 Å². The fourth-order valence-electron chi connectivity index (χ4n) is 4.02. The Kier molecular flexibility index (Phi) is 6.53. The molecule has 4 rings (SSSR count). The van der Waals surface area contributed by atoms with Crippen LogP contribution in [0.1, 0.15) is 6.92 Å². The number of nitrogens with two attached hydrogens (primary N) is 1. The molecule has 0 aliphatic carbocycles. The summed E-state index contributed by atoms with van der Waals surface area (Å²) >= 11 is 0. The van der Waals surface area contributed by atoms with E-state index in [4.69, 9.17) is 15.2 Å². The lowest BCUT2D eigenvalue weighted by Gasteiger charge is -2.34. The predicted octanol–water partition coefficient (Wildman–Crippen LogP) is 2.22. The average Bonchev–Trinajstić information content (AvgIpc) is 3.24. The summed E-state index contributed by atoms with van der Waals surface area (Å²) in [5, 5.41) is 0. The molecule has 0 bridgehead atoms. The van der Waals surface area contributed by atoms with Crippen molar-refractivity contribution in [3.05, 3.63) is 42.3 Å². The van der Waals surface area contributed by atoms with E-state index in [2.05, 4.69) is 4.98 Å². The van der Waals surface area contributed by atoms with Gasteiger partial charge in [0.15, 0.2) is 0 Å². The Morgan fingerprint density at radius 3 is 2.53 bits per heavy atom. The highest BCUT2D eigenvalue weighted by molar-refractivity contribution is 5.91. The minimum absolute atomic E-state index is 0.112. The van der Waals surface area contributed by atoms with Gasteiger partial charge in [-0.05, 0) is 37.3 Å². The number of halogens is 1. The smallest absolute Gasteiger partial charge is 0.414 e. The molecule has 180 valence electrons. The van der Waals surface area contributed by atoms with Gasteiger partial charge < -0.3 is 25.0 Å². The maximum atomic E-state index is 15.0. The summed E-state index contributed by atoms with van der Waals surface area (Å²) in [4.78, 5) is 44.7. The van der Waals surface area contributed by atoms with Crippen molar-refractivity contribution < 1.29 is 28.2 Å². The third-order valence-corrected chi connectivity index (χ3v) is 6.20. The Morgan fingerprint density at radius 2 is 1.94 bits per heavy atom. The first kappa shape index (κ1) is 23.3. The standard InChI is InChI=1S/C23H26FN5O5/c1-14(21(25)30)19-13-29(23(32)34-19)16-4-5-17(18(24)11-16)15-3-6-20(26-12-15)27-7-9-28(10-8-27)22(31)33-2/h3-6,11-12,14,19H,7-10,13H2,1-2H3,(H2,25,30)/t14-,19?/m0/s1. The molecule has 1 aromatic heterocycles. The predicted molar refractivity (Wildman–Crippen MR) is 122 cm³/mol. The van der Waals surface area contributed by atoms with Gasteiger partial charge in [-0.25, -0.2) is 19.0 Å². The van der Waals surface area contributed by atoms with Gasteiger partial charge in [0.2, 0.25) is 5.91 Å². The maximum Gasteiger partial charge on any atom is 0.414 e. The average molecular weight is 471 g/mol. The number of amides is 3. The van der Waals surface area contributed by atoms with Crippen LogP contribution in [-0.2, 0) is 14.3 Å². The summed E-state index contributed by atoms with van der Waals surface area (Å²) in [6.07, 6.45) is -0.0843. The molecule has 34 heavy (non-hydrogen) atoms. The van der Waals surface area contributed by atoms with Gasteiger partial charge in [-0.1, -0.05) is 0 Å². The van der Waals surface area contributed by atoms with E-state index in [-0.39, 0.29) is 12.6 Å². The Labute approximate surface area is 196 Å². The zero-order valence-electron chi connectivity index (χ0n) is 18.9. The van der Waals surface area contributed by atoms with Crippen LogP contribution in [0.4, 0.5) is 25.5 Å². The molecule has 1 aromatic carbocycles. The molecule has 3 amide bonds. The van der Waals surface area contributed by atoms with Crippen LogP contribution in [0.2, 0.25) is 0 Å². The van der Waals surface area contributed by atoms with E-state index in [1.807, 2.05) is 11.0 Å². The number of primary amides is 1. The van der Waals surface area contributed by atoms with Gasteiger partial charge in [0.05, 0.1) is 25.3 Å². The molecule has 0 saturated carbocycles. The maximum absolute atomic E-state index is 15.0. The van der Waals surface area contributed by atoms with Crippen molar-refractivity contribution in [2.24, 2.45) is 11.7 Å². The molecule has 2 N–H and O–H groups in total. The number of pyridine rings is 1. The Bertz CT molecular complexity index is 1090. The molecule has 3 heterocycles. The van der Waals surface area contributed by atoms with Gasteiger partial charge in [-0.3, -0.25) is 9.69 Å². The van der Waals surface area contributed by atoms with Crippen LogP contribution < -0.4 is 15.5 Å². The molecule has 2 aliphatic rings. The van der Waals surface area contributed by atoms with E-state index < -0.39 is 29.8 Å². The fraction of sp³-hybridized carbons (Fsp3) is 0.391. The number of cyclic esters (lactones) is 1. The van der Waals surface area contributed by atoms with Crippen LogP contribution in [0, 0.1) is 11.7 Å². The lowest BCUT2D eigenvalue weighted by Crippen LogP contribution is -2.49. The summed E-state index contributed by atoms with van der Waals surface area (Å²) in [6, 6.07) is 8.05.